The molecule has 0 fully saturated rings. The van der Waals surface area contributed by atoms with E-state index < -0.39 is 5.60 Å². The topological polar surface area (TPSA) is 89.9 Å². The van der Waals surface area contributed by atoms with E-state index in [0.717, 1.165) is 0 Å². The minimum Gasteiger partial charge on any atom is -0.382 e. The largest absolute Gasteiger partial charge is 0.382 e. The number of halogens is 2. The van der Waals surface area contributed by atoms with Crippen LogP contribution in [-0.2, 0) is 7.05 Å². The van der Waals surface area contributed by atoms with Crippen molar-refractivity contribution in [1.82, 2.24) is 19.5 Å². The van der Waals surface area contributed by atoms with Crippen LogP contribution in [0.5, 0.6) is 0 Å². The molecule has 0 saturated carbocycles. The third-order valence-corrected chi connectivity index (χ3v) is 4.96. The Balaban J connectivity index is 0.00000300. The standard InChI is InChI=1S/C21H24FN5O.ClH/c1-12(2)21(28,13(3)4)10-9-16-24-18(23)17-20(25-16)27(5)19(26-17)14-7-6-8-15(22)11-14;/h6-8,11-13,28H,1-5H3,(H2,23,24,25);1H. The van der Waals surface area contributed by atoms with Crippen molar-refractivity contribution in [3.05, 3.63) is 35.9 Å². The molecule has 0 saturated heterocycles. The van der Waals surface area contributed by atoms with Gasteiger partial charge in [0.15, 0.2) is 17.0 Å². The number of benzene rings is 1. The second-order valence-electron chi connectivity index (χ2n) is 7.49. The number of nitrogen functional groups attached to an aromatic ring is 1. The van der Waals surface area contributed by atoms with E-state index in [2.05, 4.69) is 26.8 Å². The van der Waals surface area contributed by atoms with E-state index >= 15 is 0 Å². The molecule has 8 heteroatoms. The molecule has 1 aromatic carbocycles. The molecule has 0 amide bonds. The molecule has 6 nitrogen and oxygen atoms in total. The van der Waals surface area contributed by atoms with Gasteiger partial charge in [0.2, 0.25) is 5.82 Å². The fourth-order valence-electron chi connectivity index (χ4n) is 3.14. The molecule has 0 bridgehead atoms. The van der Waals surface area contributed by atoms with Crippen LogP contribution >= 0.6 is 12.4 Å². The fraction of sp³-hybridized carbons (Fsp3) is 0.381. The average molecular weight is 418 g/mol. The number of hydrogen-bond acceptors (Lipinski definition) is 5. The van der Waals surface area contributed by atoms with Gasteiger partial charge in [-0.15, -0.1) is 12.4 Å². The van der Waals surface area contributed by atoms with Crippen molar-refractivity contribution in [2.75, 3.05) is 5.73 Å². The molecule has 2 heterocycles. The lowest BCUT2D eigenvalue weighted by atomic mass is 9.81. The highest BCUT2D eigenvalue weighted by atomic mass is 35.5. The smallest absolute Gasteiger partial charge is 0.209 e. The van der Waals surface area contributed by atoms with Crippen molar-refractivity contribution < 1.29 is 9.50 Å². The fourth-order valence-corrected chi connectivity index (χ4v) is 3.14. The summed E-state index contributed by atoms with van der Waals surface area (Å²) < 4.78 is 15.3. The average Bonchev–Trinajstić information content (AvgIpc) is 2.97. The van der Waals surface area contributed by atoms with E-state index in [9.17, 15) is 9.50 Å². The molecule has 3 rings (SSSR count). The summed E-state index contributed by atoms with van der Waals surface area (Å²) in [5.74, 6) is 6.23. The predicted octanol–water partition coefficient (Wildman–Crippen LogP) is 3.57. The number of aromatic nitrogens is 4. The molecule has 0 aliphatic heterocycles. The molecule has 0 aliphatic rings. The maximum atomic E-state index is 13.6. The van der Waals surface area contributed by atoms with Crippen LogP contribution in [-0.4, -0.2) is 30.2 Å². The minimum atomic E-state index is -1.16. The van der Waals surface area contributed by atoms with Crippen molar-refractivity contribution in [2.24, 2.45) is 18.9 Å². The van der Waals surface area contributed by atoms with Crippen molar-refractivity contribution in [2.45, 2.75) is 33.3 Å². The van der Waals surface area contributed by atoms with Crippen LogP contribution in [0.4, 0.5) is 10.2 Å². The number of nitrogens with zero attached hydrogens (tertiary/aromatic N) is 4. The Morgan fingerprint density at radius 1 is 1.14 bits per heavy atom. The number of fused-ring (bicyclic) bond motifs is 1. The lowest BCUT2D eigenvalue weighted by Crippen LogP contribution is -2.39. The Bertz CT molecular complexity index is 1090. The number of imidazole rings is 1. The van der Waals surface area contributed by atoms with Crippen LogP contribution in [0.25, 0.3) is 22.6 Å². The maximum Gasteiger partial charge on any atom is 0.209 e. The molecule has 0 spiro atoms. The van der Waals surface area contributed by atoms with Gasteiger partial charge in [0.25, 0.3) is 0 Å². The van der Waals surface area contributed by atoms with E-state index in [4.69, 9.17) is 5.73 Å². The van der Waals surface area contributed by atoms with Crippen LogP contribution in [0.2, 0.25) is 0 Å². The van der Waals surface area contributed by atoms with Gasteiger partial charge < -0.3 is 15.4 Å². The summed E-state index contributed by atoms with van der Waals surface area (Å²) in [5, 5.41) is 10.8. The number of aliphatic hydroxyl groups is 1. The number of anilines is 1. The van der Waals surface area contributed by atoms with Gasteiger partial charge in [-0.1, -0.05) is 45.7 Å². The monoisotopic (exact) mass is 417 g/mol. The Kier molecular flexibility index (Phi) is 6.51. The van der Waals surface area contributed by atoms with Crippen molar-refractivity contribution in [3.63, 3.8) is 0 Å². The van der Waals surface area contributed by atoms with Gasteiger partial charge in [-0.2, -0.15) is 0 Å². The lowest BCUT2D eigenvalue weighted by molar-refractivity contribution is 0.00930. The summed E-state index contributed by atoms with van der Waals surface area (Å²) in [6.07, 6.45) is 0. The Labute approximate surface area is 175 Å². The lowest BCUT2D eigenvalue weighted by Gasteiger charge is -2.30. The molecule has 0 aliphatic carbocycles. The summed E-state index contributed by atoms with van der Waals surface area (Å²) in [5.41, 5.74) is 6.45. The van der Waals surface area contributed by atoms with Crippen molar-refractivity contribution in [3.8, 4) is 23.2 Å². The predicted molar refractivity (Wildman–Crippen MR) is 115 cm³/mol. The molecular formula is C21H25ClFN5O. The van der Waals surface area contributed by atoms with E-state index in [1.165, 1.54) is 12.1 Å². The van der Waals surface area contributed by atoms with Crippen molar-refractivity contribution in [1.29, 1.82) is 0 Å². The second kappa shape index (κ2) is 8.36. The van der Waals surface area contributed by atoms with Crippen LogP contribution in [0.15, 0.2) is 24.3 Å². The SMILES string of the molecule is CC(C)C(O)(C#Cc1nc(N)c2nc(-c3cccc(F)c3)n(C)c2n1)C(C)C.Cl. The first-order valence-corrected chi connectivity index (χ1v) is 9.15. The minimum absolute atomic E-state index is 0. The summed E-state index contributed by atoms with van der Waals surface area (Å²) in [4.78, 5) is 13.2. The van der Waals surface area contributed by atoms with Crippen LogP contribution in [0, 0.1) is 29.5 Å². The van der Waals surface area contributed by atoms with Gasteiger partial charge in [0.05, 0.1) is 0 Å². The van der Waals surface area contributed by atoms with Gasteiger partial charge in [-0.05, 0) is 29.9 Å². The van der Waals surface area contributed by atoms with E-state index in [1.54, 1.807) is 23.7 Å². The zero-order chi connectivity index (χ0) is 20.6. The second-order valence-corrected chi connectivity index (χ2v) is 7.49. The third-order valence-electron chi connectivity index (χ3n) is 4.96. The zero-order valence-corrected chi connectivity index (χ0v) is 17.9. The maximum absolute atomic E-state index is 13.6. The quantitative estimate of drug-likeness (QED) is 0.636. The van der Waals surface area contributed by atoms with E-state index in [-0.39, 0.29) is 41.7 Å². The van der Waals surface area contributed by atoms with Crippen LogP contribution in [0.3, 0.4) is 0 Å². The van der Waals surface area contributed by atoms with Crippen LogP contribution < -0.4 is 5.73 Å². The number of rotatable bonds is 3. The Morgan fingerprint density at radius 3 is 2.38 bits per heavy atom. The molecule has 0 atom stereocenters. The highest BCUT2D eigenvalue weighted by Gasteiger charge is 2.32. The number of hydrogen-bond donors (Lipinski definition) is 2. The summed E-state index contributed by atoms with van der Waals surface area (Å²) in [7, 11) is 1.78. The van der Waals surface area contributed by atoms with Crippen molar-refractivity contribution >= 4 is 29.4 Å². The molecule has 29 heavy (non-hydrogen) atoms. The summed E-state index contributed by atoms with van der Waals surface area (Å²) in [6, 6.07) is 6.16. The molecule has 2 aromatic heterocycles. The van der Waals surface area contributed by atoms with Gasteiger partial charge >= 0.3 is 0 Å². The molecular weight excluding hydrogens is 393 g/mol. The molecule has 154 valence electrons. The normalized spacial score (nSPS) is 11.5. The molecule has 3 N–H and O–H groups in total. The Hall–Kier alpha value is -2.69. The van der Waals surface area contributed by atoms with Gasteiger partial charge in [0.1, 0.15) is 17.2 Å². The first kappa shape index (κ1) is 22.6. The first-order chi connectivity index (χ1) is 13.1. The highest BCUT2D eigenvalue weighted by Crippen LogP contribution is 2.27. The van der Waals surface area contributed by atoms with E-state index in [0.29, 0.717) is 22.6 Å². The van der Waals surface area contributed by atoms with Gasteiger partial charge in [0, 0.05) is 12.6 Å². The first-order valence-electron chi connectivity index (χ1n) is 9.15. The third kappa shape index (κ3) is 4.19. The zero-order valence-electron chi connectivity index (χ0n) is 17.1. The molecule has 3 aromatic rings. The molecule has 0 radical (unpaired) electrons. The summed E-state index contributed by atoms with van der Waals surface area (Å²) in [6.45, 7) is 7.66. The summed E-state index contributed by atoms with van der Waals surface area (Å²) >= 11 is 0. The number of nitrogens with two attached hydrogens (primary N) is 1. The Morgan fingerprint density at radius 2 is 1.79 bits per heavy atom. The van der Waals surface area contributed by atoms with E-state index in [1.807, 2.05) is 27.7 Å². The van der Waals surface area contributed by atoms with Crippen LogP contribution in [0.1, 0.15) is 33.5 Å². The van der Waals surface area contributed by atoms with Gasteiger partial charge in [-0.25, -0.2) is 19.3 Å². The number of aryl methyl sites for hydroxylation is 1. The van der Waals surface area contributed by atoms with Gasteiger partial charge in [-0.3, -0.25) is 0 Å². The highest BCUT2D eigenvalue weighted by molar-refractivity contribution is 5.86. The molecule has 0 unspecified atom stereocenters.